The molecule has 0 bridgehead atoms. The van der Waals surface area contributed by atoms with Crippen LogP contribution >= 0.6 is 11.6 Å². The first-order valence-corrected chi connectivity index (χ1v) is 13.9. The van der Waals surface area contributed by atoms with E-state index in [-0.39, 0.29) is 0 Å². The number of aliphatic imine (C=N–C) groups is 1. The molecule has 4 rings (SSSR count). The largest absolute Gasteiger partial charge is 0.493 e. The molecule has 0 saturated carbocycles. The lowest BCUT2D eigenvalue weighted by molar-refractivity contribution is 0.292. The van der Waals surface area contributed by atoms with Gasteiger partial charge >= 0.3 is 0 Å². The van der Waals surface area contributed by atoms with Crippen molar-refractivity contribution >= 4 is 40.0 Å². The molecule has 0 aliphatic carbocycles. The number of hydrogen-bond donors (Lipinski definition) is 2. The van der Waals surface area contributed by atoms with Crippen LogP contribution in [-0.2, 0) is 6.61 Å². The first kappa shape index (κ1) is 30.1. The van der Waals surface area contributed by atoms with Gasteiger partial charge in [0.2, 0.25) is 5.96 Å². The first-order valence-electron chi connectivity index (χ1n) is 13.5. The normalized spacial score (nSPS) is 11.1. The zero-order valence-corrected chi connectivity index (χ0v) is 24.6. The topological polar surface area (TPSA) is 130 Å². The van der Waals surface area contributed by atoms with Crippen molar-refractivity contribution < 1.29 is 14.2 Å². The van der Waals surface area contributed by atoms with Gasteiger partial charge in [-0.1, -0.05) is 24.6 Å². The molecule has 0 atom stereocenters. The molecule has 2 aromatic carbocycles. The number of nitriles is 1. The third-order valence-corrected chi connectivity index (χ3v) is 6.42. The zero-order chi connectivity index (χ0) is 29.7. The smallest absolute Gasteiger partial charge is 0.207 e. The highest BCUT2D eigenvalue weighted by molar-refractivity contribution is 6.32. The van der Waals surface area contributed by atoms with Crippen molar-refractivity contribution in [1.82, 2.24) is 25.2 Å². The minimum Gasteiger partial charge on any atom is -0.493 e. The Labute approximate surface area is 250 Å². The van der Waals surface area contributed by atoms with Crippen molar-refractivity contribution in [2.45, 2.75) is 26.4 Å². The van der Waals surface area contributed by atoms with E-state index >= 15 is 0 Å². The number of halogens is 1. The summed E-state index contributed by atoms with van der Waals surface area (Å²) in [5, 5.41) is 16.2. The predicted molar refractivity (Wildman–Crippen MR) is 163 cm³/mol. The van der Waals surface area contributed by atoms with Gasteiger partial charge in [-0.05, 0) is 42.8 Å². The first-order chi connectivity index (χ1) is 20.5. The molecule has 0 radical (unpaired) electrons. The standard InChI is InChI=1S/C30H33ClN8O3/c1-4-13-39(2)30(35-19-32)34-12-7-14-41-28-16-23-25(17-27(28)40-3)36-20-37-29(23)38-21-9-10-26(24(31)15-21)42-18-22-8-5-6-11-33-22/h5-6,8-11,15-17,20H,4,7,12-14,18H2,1-3H3,(H,34,35)(H,36,37,38). The number of methoxy groups -OCH3 is 1. The summed E-state index contributed by atoms with van der Waals surface area (Å²) in [6.45, 7) is 4.08. The summed E-state index contributed by atoms with van der Waals surface area (Å²) in [6.07, 6.45) is 6.74. The van der Waals surface area contributed by atoms with Crippen molar-refractivity contribution in [2.24, 2.45) is 4.99 Å². The molecule has 0 amide bonds. The van der Waals surface area contributed by atoms with Crippen LogP contribution in [0.1, 0.15) is 25.5 Å². The number of nitrogens with zero attached hydrogens (tertiary/aromatic N) is 6. The SMILES string of the molecule is CCCN(C)C(=NCCCOc1cc2c(Nc3ccc(OCc4ccccn4)c(Cl)c3)ncnc2cc1OC)NC#N. The van der Waals surface area contributed by atoms with Crippen LogP contribution in [0.5, 0.6) is 17.2 Å². The molecule has 0 spiro atoms. The molecule has 2 heterocycles. The highest BCUT2D eigenvalue weighted by Gasteiger charge is 2.13. The average molecular weight is 589 g/mol. The van der Waals surface area contributed by atoms with Crippen LogP contribution in [0, 0.1) is 11.5 Å². The maximum absolute atomic E-state index is 9.01. The second kappa shape index (κ2) is 15.3. The predicted octanol–water partition coefficient (Wildman–Crippen LogP) is 5.55. The molecule has 2 aromatic heterocycles. The summed E-state index contributed by atoms with van der Waals surface area (Å²) >= 11 is 6.51. The van der Waals surface area contributed by atoms with E-state index in [2.05, 4.69) is 37.5 Å². The van der Waals surface area contributed by atoms with E-state index in [9.17, 15) is 0 Å². The monoisotopic (exact) mass is 588 g/mol. The number of benzene rings is 2. The Bertz CT molecular complexity index is 1550. The van der Waals surface area contributed by atoms with Crippen molar-refractivity contribution in [3.63, 3.8) is 0 Å². The van der Waals surface area contributed by atoms with Crippen LogP contribution in [-0.4, -0.2) is 59.7 Å². The number of aromatic nitrogens is 3. The molecule has 0 aliphatic heterocycles. The number of nitrogens with one attached hydrogen (secondary N) is 2. The van der Waals surface area contributed by atoms with Crippen molar-refractivity contribution in [3.8, 4) is 23.4 Å². The van der Waals surface area contributed by atoms with Crippen LogP contribution in [0.25, 0.3) is 10.9 Å². The Hall–Kier alpha value is -4.82. The average Bonchev–Trinajstić information content (AvgIpc) is 3.00. The molecule has 4 aromatic rings. The molecule has 2 N–H and O–H groups in total. The van der Waals surface area contributed by atoms with Gasteiger partial charge < -0.3 is 24.4 Å². The summed E-state index contributed by atoms with van der Waals surface area (Å²) in [7, 11) is 3.48. The van der Waals surface area contributed by atoms with E-state index in [0.29, 0.717) is 65.7 Å². The van der Waals surface area contributed by atoms with E-state index in [0.717, 1.165) is 29.7 Å². The number of pyridine rings is 1. The fraction of sp³-hybridized carbons (Fsp3) is 0.300. The number of fused-ring (bicyclic) bond motifs is 1. The number of rotatable bonds is 13. The van der Waals surface area contributed by atoms with Crippen molar-refractivity contribution in [1.29, 1.82) is 5.26 Å². The molecular weight excluding hydrogens is 556 g/mol. The quantitative estimate of drug-likeness (QED) is 0.0674. The van der Waals surface area contributed by atoms with Crippen LogP contribution in [0.2, 0.25) is 5.02 Å². The van der Waals surface area contributed by atoms with Gasteiger partial charge in [0.15, 0.2) is 17.7 Å². The third-order valence-electron chi connectivity index (χ3n) is 6.13. The Morgan fingerprint density at radius 2 is 1.95 bits per heavy atom. The minimum atomic E-state index is 0.314. The maximum Gasteiger partial charge on any atom is 0.207 e. The van der Waals surface area contributed by atoms with E-state index in [4.69, 9.17) is 31.1 Å². The maximum atomic E-state index is 9.01. The Morgan fingerprint density at radius 1 is 1.07 bits per heavy atom. The number of guanidine groups is 1. The number of anilines is 2. The molecule has 42 heavy (non-hydrogen) atoms. The number of ether oxygens (including phenoxy) is 3. The van der Waals surface area contributed by atoms with E-state index in [1.54, 1.807) is 25.4 Å². The molecule has 12 heteroatoms. The highest BCUT2D eigenvalue weighted by Crippen LogP contribution is 2.36. The van der Waals surface area contributed by atoms with Gasteiger partial charge in [0.05, 0.1) is 29.9 Å². The van der Waals surface area contributed by atoms with Gasteiger partial charge in [0, 0.05) is 49.9 Å². The van der Waals surface area contributed by atoms with Crippen molar-refractivity contribution in [2.75, 3.05) is 39.2 Å². The second-order valence-electron chi connectivity index (χ2n) is 9.19. The lowest BCUT2D eigenvalue weighted by Crippen LogP contribution is -2.37. The lowest BCUT2D eigenvalue weighted by Gasteiger charge is -2.18. The fourth-order valence-electron chi connectivity index (χ4n) is 4.08. The Balaban J connectivity index is 1.44. The van der Waals surface area contributed by atoms with Crippen LogP contribution < -0.4 is 24.8 Å². The summed E-state index contributed by atoms with van der Waals surface area (Å²) < 4.78 is 17.5. The van der Waals surface area contributed by atoms with Crippen LogP contribution in [0.4, 0.5) is 11.5 Å². The van der Waals surface area contributed by atoms with E-state index in [1.165, 1.54) is 6.33 Å². The third kappa shape index (κ3) is 8.11. The van der Waals surface area contributed by atoms with E-state index in [1.807, 2.05) is 54.5 Å². The van der Waals surface area contributed by atoms with Crippen LogP contribution in [0.15, 0.2) is 66.0 Å². The van der Waals surface area contributed by atoms with Crippen LogP contribution in [0.3, 0.4) is 0 Å². The number of hydrogen-bond acceptors (Lipinski definition) is 9. The van der Waals surface area contributed by atoms with Gasteiger partial charge in [-0.15, -0.1) is 0 Å². The van der Waals surface area contributed by atoms with Gasteiger partial charge in [-0.3, -0.25) is 15.3 Å². The second-order valence-corrected chi connectivity index (χ2v) is 9.60. The lowest BCUT2D eigenvalue weighted by atomic mass is 10.2. The van der Waals surface area contributed by atoms with E-state index < -0.39 is 0 Å². The van der Waals surface area contributed by atoms with Gasteiger partial charge in [0.25, 0.3) is 0 Å². The molecule has 0 saturated heterocycles. The zero-order valence-electron chi connectivity index (χ0n) is 23.8. The summed E-state index contributed by atoms with van der Waals surface area (Å²) in [6, 6.07) is 14.8. The Morgan fingerprint density at radius 3 is 2.69 bits per heavy atom. The van der Waals surface area contributed by atoms with Gasteiger partial charge in [0.1, 0.15) is 24.5 Å². The van der Waals surface area contributed by atoms with Crippen molar-refractivity contribution in [3.05, 3.63) is 71.8 Å². The molecule has 11 nitrogen and oxygen atoms in total. The summed E-state index contributed by atoms with van der Waals surface area (Å²) in [5.74, 6) is 2.80. The molecule has 218 valence electrons. The van der Waals surface area contributed by atoms with Gasteiger partial charge in [-0.2, -0.15) is 5.26 Å². The molecule has 0 unspecified atom stereocenters. The molecule has 0 aliphatic rings. The Kier molecular flexibility index (Phi) is 10.9. The summed E-state index contributed by atoms with van der Waals surface area (Å²) in [4.78, 5) is 19.5. The van der Waals surface area contributed by atoms with Gasteiger partial charge in [-0.25, -0.2) is 9.97 Å². The molecular formula is C30H33ClN8O3. The molecule has 0 fully saturated rings. The fourth-order valence-corrected chi connectivity index (χ4v) is 4.32. The summed E-state index contributed by atoms with van der Waals surface area (Å²) in [5.41, 5.74) is 2.23. The highest BCUT2D eigenvalue weighted by atomic mass is 35.5. The minimum absolute atomic E-state index is 0.314.